The number of thiazole rings is 1. The first-order chi connectivity index (χ1) is 13.5. The van der Waals surface area contributed by atoms with E-state index in [9.17, 15) is 4.79 Å². The standard InChI is InChI=1S/C20H17ClN4OS2/c1-12-5-7-14(8-6-12)10-25-18(21)17(13(2)24-25)19(26)23-20-22-15(11-28-20)16-4-3-9-27-16/h3-9,11H,10H2,1-2H3,(H,22,23,26). The Morgan fingerprint density at radius 1 is 1.18 bits per heavy atom. The van der Waals surface area contributed by atoms with Crippen LogP contribution in [0.3, 0.4) is 0 Å². The molecule has 4 rings (SSSR count). The van der Waals surface area contributed by atoms with Crippen LogP contribution in [0.25, 0.3) is 10.6 Å². The molecule has 5 nitrogen and oxygen atoms in total. The Kier molecular flexibility index (Phi) is 5.30. The third-order valence-electron chi connectivity index (χ3n) is 4.24. The second-order valence-electron chi connectivity index (χ2n) is 6.36. The maximum Gasteiger partial charge on any atom is 0.262 e. The van der Waals surface area contributed by atoms with E-state index >= 15 is 0 Å². The fourth-order valence-corrected chi connectivity index (χ4v) is 4.60. The lowest BCUT2D eigenvalue weighted by Gasteiger charge is -2.05. The highest BCUT2D eigenvalue weighted by atomic mass is 35.5. The maximum absolute atomic E-state index is 12.8. The molecule has 3 aromatic heterocycles. The minimum Gasteiger partial charge on any atom is -0.298 e. The van der Waals surface area contributed by atoms with Gasteiger partial charge in [-0.25, -0.2) is 9.67 Å². The van der Waals surface area contributed by atoms with Crippen LogP contribution in [0.1, 0.15) is 27.2 Å². The molecule has 1 N–H and O–H groups in total. The van der Waals surface area contributed by atoms with Crippen LogP contribution in [-0.4, -0.2) is 20.7 Å². The number of nitrogens with one attached hydrogen (secondary N) is 1. The van der Waals surface area contributed by atoms with E-state index in [-0.39, 0.29) is 5.91 Å². The third kappa shape index (κ3) is 3.87. The number of rotatable bonds is 5. The first kappa shape index (κ1) is 18.9. The number of aryl methyl sites for hydroxylation is 2. The van der Waals surface area contributed by atoms with Crippen molar-refractivity contribution in [1.82, 2.24) is 14.8 Å². The molecular formula is C20H17ClN4OS2. The molecule has 0 atom stereocenters. The molecule has 0 aliphatic heterocycles. The highest BCUT2D eigenvalue weighted by molar-refractivity contribution is 7.16. The molecule has 0 aliphatic rings. The van der Waals surface area contributed by atoms with Gasteiger partial charge < -0.3 is 0 Å². The van der Waals surface area contributed by atoms with Gasteiger partial charge in [0.15, 0.2) is 5.13 Å². The highest BCUT2D eigenvalue weighted by Gasteiger charge is 2.21. The molecule has 0 spiro atoms. The van der Waals surface area contributed by atoms with Crippen LogP contribution in [-0.2, 0) is 6.54 Å². The number of aromatic nitrogens is 3. The van der Waals surface area contributed by atoms with Crippen LogP contribution in [0.5, 0.6) is 0 Å². The van der Waals surface area contributed by atoms with Gasteiger partial charge in [0.05, 0.1) is 28.4 Å². The number of nitrogens with zero attached hydrogens (tertiary/aromatic N) is 3. The van der Waals surface area contributed by atoms with E-state index in [1.165, 1.54) is 16.9 Å². The first-order valence-corrected chi connectivity index (χ1v) is 10.7. The monoisotopic (exact) mass is 428 g/mol. The Bertz CT molecular complexity index is 1110. The van der Waals surface area contributed by atoms with Gasteiger partial charge in [-0.1, -0.05) is 47.5 Å². The van der Waals surface area contributed by atoms with E-state index in [0.29, 0.717) is 28.1 Å². The van der Waals surface area contributed by atoms with Crippen LogP contribution in [0.4, 0.5) is 5.13 Å². The summed E-state index contributed by atoms with van der Waals surface area (Å²) in [5.74, 6) is -0.301. The molecule has 0 aliphatic carbocycles. The Morgan fingerprint density at radius 3 is 2.68 bits per heavy atom. The highest BCUT2D eigenvalue weighted by Crippen LogP contribution is 2.29. The van der Waals surface area contributed by atoms with Crippen molar-refractivity contribution in [3.8, 4) is 10.6 Å². The molecule has 8 heteroatoms. The molecule has 0 unspecified atom stereocenters. The Morgan fingerprint density at radius 2 is 1.96 bits per heavy atom. The Hall–Kier alpha value is -2.48. The number of benzene rings is 1. The Labute approximate surface area is 175 Å². The lowest BCUT2D eigenvalue weighted by atomic mass is 10.1. The zero-order valence-corrected chi connectivity index (χ0v) is 17.7. The fraction of sp³-hybridized carbons (Fsp3) is 0.150. The minimum atomic E-state index is -0.301. The summed E-state index contributed by atoms with van der Waals surface area (Å²) in [6.45, 7) is 4.33. The normalized spacial score (nSPS) is 11.0. The molecule has 4 aromatic rings. The van der Waals surface area contributed by atoms with E-state index in [1.54, 1.807) is 22.9 Å². The summed E-state index contributed by atoms with van der Waals surface area (Å²) < 4.78 is 1.65. The van der Waals surface area contributed by atoms with Gasteiger partial charge in [0, 0.05) is 5.38 Å². The summed E-state index contributed by atoms with van der Waals surface area (Å²) in [5, 5.41) is 12.1. The summed E-state index contributed by atoms with van der Waals surface area (Å²) in [6.07, 6.45) is 0. The summed E-state index contributed by atoms with van der Waals surface area (Å²) in [5.41, 5.74) is 4.08. The zero-order chi connectivity index (χ0) is 19.7. The van der Waals surface area contributed by atoms with E-state index in [2.05, 4.69) is 15.4 Å². The van der Waals surface area contributed by atoms with Crippen LogP contribution in [0.15, 0.2) is 47.2 Å². The quantitative estimate of drug-likeness (QED) is 0.447. The molecule has 1 amide bonds. The van der Waals surface area contributed by atoms with E-state index in [0.717, 1.165) is 16.1 Å². The number of hydrogen-bond acceptors (Lipinski definition) is 5. The van der Waals surface area contributed by atoms with E-state index in [4.69, 9.17) is 11.6 Å². The van der Waals surface area contributed by atoms with Gasteiger partial charge in [-0.05, 0) is 30.9 Å². The molecule has 28 heavy (non-hydrogen) atoms. The first-order valence-electron chi connectivity index (χ1n) is 8.60. The average Bonchev–Trinajstić information content (AvgIpc) is 3.38. The smallest absolute Gasteiger partial charge is 0.262 e. The number of carbonyl (C=O) groups is 1. The molecule has 0 fully saturated rings. The summed E-state index contributed by atoms with van der Waals surface area (Å²) >= 11 is 9.48. The van der Waals surface area contributed by atoms with Gasteiger partial charge >= 0.3 is 0 Å². The van der Waals surface area contributed by atoms with Crippen LogP contribution < -0.4 is 5.32 Å². The second-order valence-corrected chi connectivity index (χ2v) is 8.53. The van der Waals surface area contributed by atoms with Crippen molar-refractivity contribution >= 4 is 45.3 Å². The SMILES string of the molecule is Cc1ccc(Cn2nc(C)c(C(=O)Nc3nc(-c4cccs4)cs3)c2Cl)cc1. The van der Waals surface area contributed by atoms with Crippen molar-refractivity contribution < 1.29 is 4.79 Å². The average molecular weight is 429 g/mol. The van der Waals surface area contributed by atoms with Gasteiger partial charge in [-0.3, -0.25) is 10.1 Å². The fourth-order valence-electron chi connectivity index (χ4n) is 2.81. The van der Waals surface area contributed by atoms with Crippen molar-refractivity contribution in [2.24, 2.45) is 0 Å². The lowest BCUT2D eigenvalue weighted by molar-refractivity contribution is 0.102. The zero-order valence-electron chi connectivity index (χ0n) is 15.3. The minimum absolute atomic E-state index is 0.301. The van der Waals surface area contributed by atoms with E-state index < -0.39 is 0 Å². The number of anilines is 1. The molecule has 1 aromatic carbocycles. The molecule has 0 bridgehead atoms. The van der Waals surface area contributed by atoms with E-state index in [1.807, 2.05) is 54.1 Å². The van der Waals surface area contributed by atoms with Gasteiger partial charge in [0.2, 0.25) is 0 Å². The number of halogens is 1. The van der Waals surface area contributed by atoms with Gasteiger partial charge in [-0.15, -0.1) is 22.7 Å². The molecule has 3 heterocycles. The third-order valence-corrected chi connectivity index (χ3v) is 6.28. The van der Waals surface area contributed by atoms with Gasteiger partial charge in [-0.2, -0.15) is 5.10 Å². The lowest BCUT2D eigenvalue weighted by Crippen LogP contribution is -2.13. The van der Waals surface area contributed by atoms with Crippen molar-refractivity contribution in [3.05, 3.63) is 74.7 Å². The summed E-state index contributed by atoms with van der Waals surface area (Å²) in [4.78, 5) is 18.3. The Balaban J connectivity index is 1.53. The number of thiophene rings is 1. The molecule has 0 radical (unpaired) electrons. The summed E-state index contributed by atoms with van der Waals surface area (Å²) in [7, 11) is 0. The van der Waals surface area contributed by atoms with Crippen molar-refractivity contribution in [2.75, 3.05) is 5.32 Å². The van der Waals surface area contributed by atoms with Crippen LogP contribution in [0.2, 0.25) is 5.15 Å². The molecule has 0 saturated heterocycles. The number of carbonyl (C=O) groups excluding carboxylic acids is 1. The predicted octanol–water partition coefficient (Wildman–Crippen LogP) is 5.64. The van der Waals surface area contributed by atoms with Crippen LogP contribution in [0, 0.1) is 13.8 Å². The van der Waals surface area contributed by atoms with Crippen molar-refractivity contribution in [3.63, 3.8) is 0 Å². The van der Waals surface area contributed by atoms with Gasteiger partial charge in [0.25, 0.3) is 5.91 Å². The molecule has 142 valence electrons. The second kappa shape index (κ2) is 7.87. The van der Waals surface area contributed by atoms with Crippen molar-refractivity contribution in [1.29, 1.82) is 0 Å². The maximum atomic E-state index is 12.8. The van der Waals surface area contributed by atoms with Gasteiger partial charge in [0.1, 0.15) is 5.15 Å². The molecule has 0 saturated carbocycles. The van der Waals surface area contributed by atoms with Crippen molar-refractivity contribution in [2.45, 2.75) is 20.4 Å². The molecular weight excluding hydrogens is 412 g/mol. The number of amides is 1. The summed E-state index contributed by atoms with van der Waals surface area (Å²) in [6, 6.07) is 12.1. The number of hydrogen-bond donors (Lipinski definition) is 1. The van der Waals surface area contributed by atoms with Crippen LogP contribution >= 0.6 is 34.3 Å². The topological polar surface area (TPSA) is 59.8 Å². The predicted molar refractivity (Wildman–Crippen MR) is 116 cm³/mol. The largest absolute Gasteiger partial charge is 0.298 e.